The fourth-order valence-electron chi connectivity index (χ4n) is 4.57. The predicted molar refractivity (Wildman–Crippen MR) is 162 cm³/mol. The average Bonchev–Trinajstić information content (AvgIpc) is 2.93. The molecule has 1 unspecified atom stereocenters. The van der Waals surface area contributed by atoms with Crippen molar-refractivity contribution in [3.05, 3.63) is 100 Å². The fourth-order valence-corrected chi connectivity index (χ4v) is 5.63. The van der Waals surface area contributed by atoms with Crippen molar-refractivity contribution >= 4 is 39.1 Å². The molecule has 0 saturated carbocycles. The molecule has 0 fully saturated rings. The molecular weight excluding hydrogens is 603 g/mol. The van der Waals surface area contributed by atoms with E-state index >= 15 is 0 Å². The van der Waals surface area contributed by atoms with Gasteiger partial charge in [0.25, 0.3) is 0 Å². The highest BCUT2D eigenvalue weighted by molar-refractivity contribution is 7.92. The van der Waals surface area contributed by atoms with Crippen LogP contribution < -0.4 is 9.62 Å². The Labute approximate surface area is 255 Å². The van der Waals surface area contributed by atoms with Crippen LogP contribution >= 0.6 is 11.6 Å². The molecule has 0 saturated heterocycles. The first-order chi connectivity index (χ1) is 20.2. The minimum absolute atomic E-state index is 0.0365. The molecule has 0 spiro atoms. The number of rotatable bonds is 13. The van der Waals surface area contributed by atoms with Crippen LogP contribution in [0.25, 0.3) is 0 Å². The van der Waals surface area contributed by atoms with E-state index in [-0.39, 0.29) is 18.7 Å². The number of carbonyl (C=O) groups is 2. The smallest absolute Gasteiger partial charge is 0.354 e. The molecule has 43 heavy (non-hydrogen) atoms. The number of hydrogen-bond acceptors (Lipinski definition) is 4. The Morgan fingerprint density at radius 2 is 1.65 bits per heavy atom. The van der Waals surface area contributed by atoms with E-state index in [1.807, 2.05) is 44.2 Å². The van der Waals surface area contributed by atoms with E-state index in [9.17, 15) is 31.2 Å². The lowest BCUT2D eigenvalue weighted by molar-refractivity contribution is -0.140. The Balaban J connectivity index is 2.08. The molecule has 232 valence electrons. The number of benzene rings is 3. The molecule has 2 amide bonds. The van der Waals surface area contributed by atoms with E-state index in [1.54, 1.807) is 24.3 Å². The Kier molecular flexibility index (Phi) is 11.6. The zero-order valence-electron chi connectivity index (χ0n) is 24.2. The maximum absolute atomic E-state index is 14.1. The number of hydrogen-bond donors (Lipinski definition) is 1. The van der Waals surface area contributed by atoms with Crippen LogP contribution in [0.15, 0.2) is 72.8 Å². The first-order valence-electron chi connectivity index (χ1n) is 13.7. The van der Waals surface area contributed by atoms with Crippen molar-refractivity contribution in [3.8, 4) is 0 Å². The van der Waals surface area contributed by atoms with Gasteiger partial charge in [0, 0.05) is 19.5 Å². The van der Waals surface area contributed by atoms with Gasteiger partial charge in [0.05, 0.1) is 22.5 Å². The zero-order chi connectivity index (χ0) is 31.8. The lowest BCUT2D eigenvalue weighted by Crippen LogP contribution is -2.53. The van der Waals surface area contributed by atoms with Gasteiger partial charge in [-0.25, -0.2) is 8.42 Å². The molecule has 12 heteroatoms. The van der Waals surface area contributed by atoms with Crippen LogP contribution in [-0.2, 0) is 38.8 Å². The number of sulfonamides is 1. The Morgan fingerprint density at radius 1 is 0.977 bits per heavy atom. The second kappa shape index (κ2) is 14.7. The minimum Gasteiger partial charge on any atom is -0.354 e. The maximum atomic E-state index is 14.1. The van der Waals surface area contributed by atoms with Gasteiger partial charge >= 0.3 is 6.18 Å². The van der Waals surface area contributed by atoms with Crippen LogP contribution in [0.4, 0.5) is 18.9 Å². The number of nitrogens with zero attached hydrogens (tertiary/aromatic N) is 2. The van der Waals surface area contributed by atoms with Crippen LogP contribution in [0.3, 0.4) is 0 Å². The van der Waals surface area contributed by atoms with Crippen LogP contribution in [0.5, 0.6) is 0 Å². The van der Waals surface area contributed by atoms with E-state index in [0.29, 0.717) is 22.5 Å². The largest absolute Gasteiger partial charge is 0.417 e. The number of anilines is 1. The molecule has 1 N–H and O–H groups in total. The van der Waals surface area contributed by atoms with Crippen molar-refractivity contribution in [2.75, 3.05) is 23.7 Å². The summed E-state index contributed by atoms with van der Waals surface area (Å²) < 4.78 is 67.2. The van der Waals surface area contributed by atoms with Gasteiger partial charge in [-0.3, -0.25) is 13.9 Å². The van der Waals surface area contributed by atoms with Crippen molar-refractivity contribution in [1.29, 1.82) is 0 Å². The van der Waals surface area contributed by atoms with Crippen molar-refractivity contribution in [1.82, 2.24) is 10.2 Å². The lowest BCUT2D eigenvalue weighted by Gasteiger charge is -2.33. The summed E-state index contributed by atoms with van der Waals surface area (Å²) in [5, 5.41) is 2.27. The van der Waals surface area contributed by atoms with Gasteiger partial charge in [0.15, 0.2) is 0 Å². The summed E-state index contributed by atoms with van der Waals surface area (Å²) in [7, 11) is -4.25. The van der Waals surface area contributed by atoms with Gasteiger partial charge in [-0.05, 0) is 42.7 Å². The average molecular weight is 638 g/mol. The highest BCUT2D eigenvalue weighted by atomic mass is 35.5. The molecule has 0 aromatic heterocycles. The topological polar surface area (TPSA) is 86.8 Å². The normalized spacial score (nSPS) is 12.4. The lowest BCUT2D eigenvalue weighted by atomic mass is 10.0. The van der Waals surface area contributed by atoms with Crippen LogP contribution in [0.2, 0.25) is 5.02 Å². The number of nitrogens with one attached hydrogen (secondary N) is 1. The third kappa shape index (κ3) is 9.72. The SMILES string of the molecule is CCCCNC(=O)C(Cc1ccccc1)N(Cc1cccc(C)c1)C(=O)CN(c1ccc(Cl)c(C(F)(F)F)c1)S(C)(=O)=O. The number of unbranched alkanes of at least 4 members (excludes halogenated alkanes) is 1. The van der Waals surface area contributed by atoms with E-state index in [1.165, 1.54) is 4.90 Å². The van der Waals surface area contributed by atoms with Crippen molar-refractivity contribution in [2.24, 2.45) is 0 Å². The quantitative estimate of drug-likeness (QED) is 0.233. The highest BCUT2D eigenvalue weighted by Crippen LogP contribution is 2.37. The van der Waals surface area contributed by atoms with E-state index in [2.05, 4.69) is 5.32 Å². The molecule has 3 rings (SSSR count). The number of amides is 2. The zero-order valence-corrected chi connectivity index (χ0v) is 25.8. The molecule has 3 aromatic carbocycles. The van der Waals surface area contributed by atoms with Crippen LogP contribution in [0, 0.1) is 6.92 Å². The first kappa shape index (κ1) is 33.9. The molecule has 0 bridgehead atoms. The van der Waals surface area contributed by atoms with Gasteiger partial charge in [-0.2, -0.15) is 13.2 Å². The number of alkyl halides is 3. The van der Waals surface area contributed by atoms with Crippen molar-refractivity contribution < 1.29 is 31.2 Å². The minimum atomic E-state index is -4.85. The summed E-state index contributed by atoms with van der Waals surface area (Å²) in [5.41, 5.74) is 0.768. The third-order valence-corrected chi connectivity index (χ3v) is 8.23. The van der Waals surface area contributed by atoms with Gasteiger partial charge < -0.3 is 10.2 Å². The van der Waals surface area contributed by atoms with Crippen molar-refractivity contribution in [3.63, 3.8) is 0 Å². The summed E-state index contributed by atoms with van der Waals surface area (Å²) >= 11 is 5.76. The summed E-state index contributed by atoms with van der Waals surface area (Å²) in [6.45, 7) is 3.36. The molecule has 0 heterocycles. The second-order valence-electron chi connectivity index (χ2n) is 10.3. The van der Waals surface area contributed by atoms with Crippen LogP contribution in [-0.4, -0.2) is 50.5 Å². The fraction of sp³-hybridized carbons (Fsp3) is 0.355. The third-order valence-electron chi connectivity index (χ3n) is 6.76. The van der Waals surface area contributed by atoms with Crippen molar-refractivity contribution in [2.45, 2.75) is 51.9 Å². The van der Waals surface area contributed by atoms with Gasteiger partial charge in [-0.1, -0.05) is 85.1 Å². The molecule has 0 aliphatic rings. The Bertz CT molecular complexity index is 1520. The van der Waals surface area contributed by atoms with E-state index in [0.717, 1.165) is 42.4 Å². The molecule has 0 radical (unpaired) electrons. The molecule has 7 nitrogen and oxygen atoms in total. The number of carbonyl (C=O) groups excluding carboxylic acids is 2. The van der Waals surface area contributed by atoms with Gasteiger partial charge in [-0.15, -0.1) is 0 Å². The summed E-state index contributed by atoms with van der Waals surface area (Å²) in [4.78, 5) is 29.0. The molecule has 1 atom stereocenters. The highest BCUT2D eigenvalue weighted by Gasteiger charge is 2.36. The maximum Gasteiger partial charge on any atom is 0.417 e. The summed E-state index contributed by atoms with van der Waals surface area (Å²) in [6, 6.07) is 18.0. The monoisotopic (exact) mass is 637 g/mol. The van der Waals surface area contributed by atoms with Gasteiger partial charge in [0.2, 0.25) is 21.8 Å². The van der Waals surface area contributed by atoms with E-state index in [4.69, 9.17) is 11.6 Å². The number of halogens is 4. The Morgan fingerprint density at radius 3 is 2.26 bits per heavy atom. The van der Waals surface area contributed by atoms with E-state index < -0.39 is 51.2 Å². The number of aryl methyl sites for hydroxylation is 1. The summed E-state index contributed by atoms with van der Waals surface area (Å²) in [6.07, 6.45) is -2.37. The molecular formula is C31H35ClF3N3O4S. The second-order valence-corrected chi connectivity index (χ2v) is 12.6. The summed E-state index contributed by atoms with van der Waals surface area (Å²) in [5.74, 6) is -1.18. The standard InChI is InChI=1S/C31H35ClF3N3O4S/c1-4-5-16-36-30(40)28(18-23-11-7-6-8-12-23)37(20-24-13-9-10-22(2)17-24)29(39)21-38(43(3,41)42)25-14-15-27(32)26(19-25)31(33,34)35/h6-15,17,19,28H,4-5,16,18,20-21H2,1-3H3,(H,36,40). The molecule has 0 aliphatic heterocycles. The molecule has 3 aromatic rings. The predicted octanol–water partition coefficient (Wildman–Crippen LogP) is 5.99. The molecule has 0 aliphatic carbocycles. The van der Waals surface area contributed by atoms with Crippen LogP contribution in [0.1, 0.15) is 42.0 Å². The van der Waals surface area contributed by atoms with Gasteiger partial charge in [0.1, 0.15) is 12.6 Å². The first-order valence-corrected chi connectivity index (χ1v) is 15.9. The Hall–Kier alpha value is -3.57.